The number of rotatable bonds is 3. The van der Waals surface area contributed by atoms with Crippen LogP contribution in [0.5, 0.6) is 0 Å². The highest BCUT2D eigenvalue weighted by Crippen LogP contribution is 2.27. The van der Waals surface area contributed by atoms with Gasteiger partial charge in [0.25, 0.3) is 0 Å². The lowest BCUT2D eigenvalue weighted by molar-refractivity contribution is -0.00906. The maximum Gasteiger partial charge on any atom is 0.249 e. The second kappa shape index (κ2) is 5.75. The van der Waals surface area contributed by atoms with Crippen molar-refractivity contribution in [3.8, 4) is 11.5 Å². The van der Waals surface area contributed by atoms with Crippen molar-refractivity contribution >= 4 is 11.6 Å². The van der Waals surface area contributed by atoms with Gasteiger partial charge in [-0.1, -0.05) is 23.7 Å². The first-order valence-corrected chi connectivity index (χ1v) is 7.43. The van der Waals surface area contributed by atoms with Gasteiger partial charge in [-0.15, -0.1) is 10.2 Å². The molecule has 1 aliphatic rings. The van der Waals surface area contributed by atoms with Crippen LogP contribution in [0.1, 0.15) is 25.7 Å². The molecule has 0 unspecified atom stereocenters. The number of likely N-dealkylation sites (tertiary alicyclic amines) is 1. The van der Waals surface area contributed by atoms with Crippen LogP contribution in [0, 0.1) is 0 Å². The molecular formula is C15H18ClN3O2. The quantitative estimate of drug-likeness (QED) is 0.944. The van der Waals surface area contributed by atoms with Gasteiger partial charge in [-0.2, -0.15) is 0 Å². The SMILES string of the molecule is CC1(O)CCN(Cc2nnc(-c3ccccc3Cl)o2)CC1. The van der Waals surface area contributed by atoms with Crippen molar-refractivity contribution in [2.75, 3.05) is 13.1 Å². The molecular weight excluding hydrogens is 290 g/mol. The van der Waals surface area contributed by atoms with Crippen LogP contribution in [-0.4, -0.2) is 38.9 Å². The van der Waals surface area contributed by atoms with Crippen molar-refractivity contribution in [3.63, 3.8) is 0 Å². The molecule has 0 bridgehead atoms. The third kappa shape index (κ3) is 3.43. The average Bonchev–Trinajstić information content (AvgIpc) is 2.90. The Morgan fingerprint density at radius 3 is 2.71 bits per heavy atom. The zero-order valence-electron chi connectivity index (χ0n) is 11.9. The molecule has 1 saturated heterocycles. The van der Waals surface area contributed by atoms with Crippen molar-refractivity contribution in [3.05, 3.63) is 35.2 Å². The van der Waals surface area contributed by atoms with E-state index in [4.69, 9.17) is 16.0 Å². The molecule has 0 atom stereocenters. The molecule has 2 heterocycles. The first-order chi connectivity index (χ1) is 10.0. The molecule has 6 heteroatoms. The summed E-state index contributed by atoms with van der Waals surface area (Å²) in [7, 11) is 0. The van der Waals surface area contributed by atoms with E-state index in [1.165, 1.54) is 0 Å². The topological polar surface area (TPSA) is 62.4 Å². The number of benzene rings is 1. The van der Waals surface area contributed by atoms with Crippen LogP contribution in [0.2, 0.25) is 5.02 Å². The van der Waals surface area contributed by atoms with E-state index >= 15 is 0 Å². The van der Waals surface area contributed by atoms with Crippen LogP contribution in [0.4, 0.5) is 0 Å². The summed E-state index contributed by atoms with van der Waals surface area (Å²) in [5.74, 6) is 1.02. The minimum atomic E-state index is -0.548. The molecule has 0 radical (unpaired) electrons. The van der Waals surface area contributed by atoms with Crippen molar-refractivity contribution in [1.29, 1.82) is 0 Å². The van der Waals surface area contributed by atoms with Gasteiger partial charge in [0.15, 0.2) is 0 Å². The van der Waals surface area contributed by atoms with Gasteiger partial charge in [0, 0.05) is 13.1 Å². The first-order valence-electron chi connectivity index (χ1n) is 7.05. The summed E-state index contributed by atoms with van der Waals surface area (Å²) in [6, 6.07) is 7.41. The molecule has 1 aromatic heterocycles. The van der Waals surface area contributed by atoms with E-state index < -0.39 is 5.60 Å². The molecule has 3 rings (SSSR count). The Labute approximate surface area is 128 Å². The number of piperidine rings is 1. The minimum absolute atomic E-state index is 0.444. The third-order valence-corrected chi connectivity index (χ3v) is 4.19. The van der Waals surface area contributed by atoms with Gasteiger partial charge in [-0.3, -0.25) is 4.90 Å². The first kappa shape index (κ1) is 14.5. The molecule has 0 aliphatic carbocycles. The van der Waals surface area contributed by atoms with E-state index in [1.54, 1.807) is 6.07 Å². The zero-order chi connectivity index (χ0) is 14.9. The van der Waals surface area contributed by atoms with E-state index in [9.17, 15) is 5.11 Å². The van der Waals surface area contributed by atoms with Crippen LogP contribution in [-0.2, 0) is 6.54 Å². The van der Waals surface area contributed by atoms with Gasteiger partial charge in [0.1, 0.15) is 0 Å². The smallest absolute Gasteiger partial charge is 0.249 e. The van der Waals surface area contributed by atoms with Gasteiger partial charge >= 0.3 is 0 Å². The maximum atomic E-state index is 9.95. The average molecular weight is 308 g/mol. The highest BCUT2D eigenvalue weighted by molar-refractivity contribution is 6.33. The Bertz CT molecular complexity index is 617. The van der Waals surface area contributed by atoms with Crippen LogP contribution in [0.25, 0.3) is 11.5 Å². The predicted molar refractivity (Wildman–Crippen MR) is 79.9 cm³/mol. The fraction of sp³-hybridized carbons (Fsp3) is 0.467. The van der Waals surface area contributed by atoms with E-state index in [2.05, 4.69) is 15.1 Å². The minimum Gasteiger partial charge on any atom is -0.419 e. The molecule has 0 amide bonds. The molecule has 1 fully saturated rings. The summed E-state index contributed by atoms with van der Waals surface area (Å²) >= 11 is 6.13. The summed E-state index contributed by atoms with van der Waals surface area (Å²) in [4.78, 5) is 2.21. The molecule has 0 spiro atoms. The van der Waals surface area contributed by atoms with E-state index in [1.807, 2.05) is 25.1 Å². The summed E-state index contributed by atoms with van der Waals surface area (Å²) < 4.78 is 5.69. The highest BCUT2D eigenvalue weighted by atomic mass is 35.5. The number of hydrogen-bond donors (Lipinski definition) is 1. The largest absolute Gasteiger partial charge is 0.419 e. The number of aromatic nitrogens is 2. The molecule has 2 aromatic rings. The lowest BCUT2D eigenvalue weighted by Crippen LogP contribution is -2.42. The number of hydrogen-bond acceptors (Lipinski definition) is 5. The van der Waals surface area contributed by atoms with Gasteiger partial charge in [0.05, 0.1) is 22.7 Å². The van der Waals surface area contributed by atoms with Crippen LogP contribution >= 0.6 is 11.6 Å². The van der Waals surface area contributed by atoms with Gasteiger partial charge in [-0.25, -0.2) is 0 Å². The Balaban J connectivity index is 1.68. The lowest BCUT2D eigenvalue weighted by atomic mass is 9.94. The van der Waals surface area contributed by atoms with Gasteiger partial charge in [-0.05, 0) is 31.9 Å². The number of aliphatic hydroxyl groups is 1. The summed E-state index contributed by atoms with van der Waals surface area (Å²) in [6.45, 7) is 4.15. The highest BCUT2D eigenvalue weighted by Gasteiger charge is 2.28. The van der Waals surface area contributed by atoms with Crippen molar-refractivity contribution in [1.82, 2.24) is 15.1 Å². The molecule has 1 aliphatic heterocycles. The summed E-state index contributed by atoms with van der Waals surface area (Å²) in [5.41, 5.74) is 0.202. The van der Waals surface area contributed by atoms with Crippen LogP contribution in [0.15, 0.2) is 28.7 Å². The molecule has 112 valence electrons. The molecule has 21 heavy (non-hydrogen) atoms. The third-order valence-electron chi connectivity index (χ3n) is 3.86. The van der Waals surface area contributed by atoms with Crippen LogP contribution < -0.4 is 0 Å². The second-order valence-electron chi connectivity index (χ2n) is 5.75. The molecule has 5 nitrogen and oxygen atoms in total. The Morgan fingerprint density at radius 2 is 2.00 bits per heavy atom. The van der Waals surface area contributed by atoms with Crippen LogP contribution in [0.3, 0.4) is 0 Å². The summed E-state index contributed by atoms with van der Waals surface area (Å²) in [5, 5.41) is 18.7. The van der Waals surface area contributed by atoms with Gasteiger partial charge in [0.2, 0.25) is 11.8 Å². The summed E-state index contributed by atoms with van der Waals surface area (Å²) in [6.07, 6.45) is 1.52. The lowest BCUT2D eigenvalue weighted by Gasteiger charge is -2.34. The van der Waals surface area contributed by atoms with E-state index in [0.29, 0.717) is 23.3 Å². The monoisotopic (exact) mass is 307 g/mol. The number of nitrogens with zero attached hydrogens (tertiary/aromatic N) is 3. The van der Waals surface area contributed by atoms with E-state index in [0.717, 1.165) is 31.5 Å². The predicted octanol–water partition coefficient (Wildman–Crippen LogP) is 2.74. The fourth-order valence-electron chi connectivity index (χ4n) is 2.45. The van der Waals surface area contributed by atoms with E-state index in [-0.39, 0.29) is 0 Å². The fourth-order valence-corrected chi connectivity index (χ4v) is 2.66. The van der Waals surface area contributed by atoms with Crippen molar-refractivity contribution in [2.45, 2.75) is 31.9 Å². The van der Waals surface area contributed by atoms with Crippen molar-refractivity contribution in [2.24, 2.45) is 0 Å². The zero-order valence-corrected chi connectivity index (χ0v) is 12.7. The molecule has 0 saturated carbocycles. The standard InChI is InChI=1S/C15H18ClN3O2/c1-15(20)6-8-19(9-7-15)10-13-17-18-14(21-13)11-4-2-3-5-12(11)16/h2-5,20H,6-10H2,1H3. The van der Waals surface area contributed by atoms with Gasteiger partial charge < -0.3 is 9.52 Å². The maximum absolute atomic E-state index is 9.95. The normalized spacial score (nSPS) is 18.8. The Morgan fingerprint density at radius 1 is 1.29 bits per heavy atom. The Kier molecular flexibility index (Phi) is 3.97. The van der Waals surface area contributed by atoms with Crippen molar-refractivity contribution < 1.29 is 9.52 Å². The second-order valence-corrected chi connectivity index (χ2v) is 6.16. The molecule has 1 N–H and O–H groups in total. The molecule has 1 aromatic carbocycles. The number of halogens is 1. The Hall–Kier alpha value is -1.43.